The molecule has 3 aliphatic heterocycles. The molecule has 9 heteroatoms. The van der Waals surface area contributed by atoms with Gasteiger partial charge in [-0.25, -0.2) is 4.98 Å². The number of anilines is 1. The van der Waals surface area contributed by atoms with Crippen LogP contribution >= 0.6 is 22.9 Å². The van der Waals surface area contributed by atoms with E-state index in [1.807, 2.05) is 32.9 Å². The highest BCUT2D eigenvalue weighted by Gasteiger charge is 2.49. The average molecular weight is 485 g/mol. The zero-order chi connectivity index (χ0) is 23.2. The van der Waals surface area contributed by atoms with Crippen molar-refractivity contribution in [3.05, 3.63) is 50.9 Å². The van der Waals surface area contributed by atoms with E-state index in [9.17, 15) is 14.4 Å². The van der Waals surface area contributed by atoms with Crippen molar-refractivity contribution in [1.82, 2.24) is 14.8 Å². The Hall–Kier alpha value is -2.71. The van der Waals surface area contributed by atoms with Crippen molar-refractivity contribution >= 4 is 52.4 Å². The van der Waals surface area contributed by atoms with Gasteiger partial charge in [-0.05, 0) is 42.2 Å². The third-order valence-corrected chi connectivity index (χ3v) is 7.97. The number of carbonyl (C=O) groups excluding carboxylic acids is 3. The van der Waals surface area contributed by atoms with Gasteiger partial charge < -0.3 is 14.7 Å². The van der Waals surface area contributed by atoms with E-state index in [2.05, 4.69) is 11.1 Å². The van der Waals surface area contributed by atoms with Crippen LogP contribution in [0.5, 0.6) is 0 Å². The number of aromatic nitrogens is 1. The van der Waals surface area contributed by atoms with Gasteiger partial charge in [0.2, 0.25) is 17.7 Å². The van der Waals surface area contributed by atoms with E-state index < -0.39 is 0 Å². The molecule has 33 heavy (non-hydrogen) atoms. The first-order valence-electron chi connectivity index (χ1n) is 11.1. The summed E-state index contributed by atoms with van der Waals surface area (Å²) in [5, 5.41) is 0.688. The Morgan fingerprint density at radius 3 is 2.64 bits per heavy atom. The summed E-state index contributed by atoms with van der Waals surface area (Å²) in [5.74, 6) is 0.0440. The van der Waals surface area contributed by atoms with Gasteiger partial charge in [-0.1, -0.05) is 17.7 Å². The summed E-state index contributed by atoms with van der Waals surface area (Å²) in [6.45, 7) is 5.01. The lowest BCUT2D eigenvalue weighted by Gasteiger charge is -2.29. The second kappa shape index (κ2) is 8.57. The first-order chi connectivity index (χ1) is 15.8. The van der Waals surface area contributed by atoms with Crippen LogP contribution in [0.1, 0.15) is 35.9 Å². The fourth-order valence-corrected chi connectivity index (χ4v) is 5.85. The molecule has 2 saturated heterocycles. The lowest BCUT2D eigenvalue weighted by molar-refractivity contribution is -0.129. The summed E-state index contributed by atoms with van der Waals surface area (Å²) < 4.78 is 0.563. The molecule has 1 aromatic carbocycles. The van der Waals surface area contributed by atoms with Crippen molar-refractivity contribution in [2.45, 2.75) is 31.6 Å². The Morgan fingerprint density at radius 1 is 1.18 bits per heavy atom. The molecule has 1 unspecified atom stereocenters. The molecule has 2 fully saturated rings. The number of thiazole rings is 1. The Bertz CT molecular complexity index is 1160. The minimum absolute atomic E-state index is 0.0268. The van der Waals surface area contributed by atoms with Crippen LogP contribution in [0.4, 0.5) is 5.69 Å². The second-order valence-corrected chi connectivity index (χ2v) is 10.7. The van der Waals surface area contributed by atoms with Crippen molar-refractivity contribution < 1.29 is 14.4 Å². The lowest BCUT2D eigenvalue weighted by Crippen LogP contribution is -2.40. The van der Waals surface area contributed by atoms with E-state index in [0.717, 1.165) is 42.7 Å². The molecule has 2 aromatic rings. The maximum atomic E-state index is 13.3. The Morgan fingerprint density at radius 2 is 2.00 bits per heavy atom. The molecule has 0 saturated carbocycles. The average Bonchev–Trinajstić information content (AvgIpc) is 3.44. The van der Waals surface area contributed by atoms with E-state index in [-0.39, 0.29) is 29.6 Å². The van der Waals surface area contributed by atoms with Gasteiger partial charge in [-0.2, -0.15) is 0 Å². The Kier molecular flexibility index (Phi) is 5.74. The lowest BCUT2D eigenvalue weighted by atomic mass is 9.81. The van der Waals surface area contributed by atoms with Crippen molar-refractivity contribution in [3.63, 3.8) is 0 Å². The first kappa shape index (κ1) is 22.1. The molecule has 1 spiro atoms. The number of hydrogen-bond acceptors (Lipinski definition) is 5. The molecule has 0 aliphatic carbocycles. The fourth-order valence-electron chi connectivity index (χ4n) is 4.91. The third kappa shape index (κ3) is 4.17. The quantitative estimate of drug-likeness (QED) is 0.625. The number of benzene rings is 1. The topological polar surface area (TPSA) is 73.8 Å². The van der Waals surface area contributed by atoms with Gasteiger partial charge in [0.15, 0.2) is 0 Å². The van der Waals surface area contributed by atoms with E-state index in [0.29, 0.717) is 29.0 Å². The number of amides is 3. The molecule has 1 atom stereocenters. The minimum Gasteiger partial charge on any atom is -0.342 e. The molecule has 172 valence electrons. The molecule has 5 rings (SSSR count). The highest BCUT2D eigenvalue weighted by atomic mass is 35.5. The molecule has 4 heterocycles. The number of nitrogens with zero attached hydrogens (tertiary/aromatic N) is 4. The van der Waals surface area contributed by atoms with Crippen LogP contribution in [0.15, 0.2) is 30.5 Å². The molecule has 3 amide bonds. The highest BCUT2D eigenvalue weighted by Crippen LogP contribution is 2.47. The molecule has 3 aliphatic rings. The predicted molar refractivity (Wildman–Crippen MR) is 128 cm³/mol. The van der Waals surface area contributed by atoms with Crippen molar-refractivity contribution in [1.29, 1.82) is 0 Å². The van der Waals surface area contributed by atoms with Gasteiger partial charge in [-0.3, -0.25) is 14.4 Å². The van der Waals surface area contributed by atoms with E-state index in [4.69, 9.17) is 11.6 Å². The number of likely N-dealkylation sites (tertiary alicyclic amines) is 2. The van der Waals surface area contributed by atoms with E-state index in [1.54, 1.807) is 19.2 Å². The summed E-state index contributed by atoms with van der Waals surface area (Å²) in [6.07, 6.45) is 7.07. The van der Waals surface area contributed by atoms with Gasteiger partial charge in [0.1, 0.15) is 9.34 Å². The first-order valence-corrected chi connectivity index (χ1v) is 12.3. The zero-order valence-electron chi connectivity index (χ0n) is 18.4. The van der Waals surface area contributed by atoms with E-state index in [1.165, 1.54) is 11.3 Å². The highest BCUT2D eigenvalue weighted by molar-refractivity contribution is 7.15. The Balaban J connectivity index is 1.44. The molecule has 0 N–H and O–H groups in total. The van der Waals surface area contributed by atoms with Crippen molar-refractivity contribution in [2.75, 3.05) is 37.6 Å². The van der Waals surface area contributed by atoms with Gasteiger partial charge in [-0.15, -0.1) is 11.3 Å². The van der Waals surface area contributed by atoms with Gasteiger partial charge >= 0.3 is 0 Å². The second-order valence-electron chi connectivity index (χ2n) is 8.97. The maximum absolute atomic E-state index is 13.3. The van der Waals surface area contributed by atoms with Gasteiger partial charge in [0.25, 0.3) is 0 Å². The van der Waals surface area contributed by atoms with Crippen LogP contribution in [-0.2, 0) is 26.2 Å². The molecular formula is C24H25ClN4O3S. The largest absolute Gasteiger partial charge is 0.342 e. The van der Waals surface area contributed by atoms with Gasteiger partial charge in [0.05, 0.1) is 12.6 Å². The standard InChI is InChI=1S/C24H25ClN4O3S/c1-16(30)28-10-7-24(14-28)15-29(23(32)12-21-26-13-20(25)33-21)19-5-3-17(11-18(19)24)4-6-22(31)27-8-2-9-27/h3-6,11,13H,2,7-10,12,14-15H2,1H3/b6-4+. The van der Waals surface area contributed by atoms with Crippen LogP contribution in [0.25, 0.3) is 6.08 Å². The number of carbonyl (C=O) groups is 3. The van der Waals surface area contributed by atoms with Gasteiger partial charge in [0, 0.05) is 56.8 Å². The van der Waals surface area contributed by atoms with Crippen molar-refractivity contribution in [2.24, 2.45) is 0 Å². The zero-order valence-corrected chi connectivity index (χ0v) is 20.0. The monoisotopic (exact) mass is 484 g/mol. The van der Waals surface area contributed by atoms with Crippen molar-refractivity contribution in [3.8, 4) is 0 Å². The minimum atomic E-state index is -0.303. The number of fused-ring (bicyclic) bond motifs is 2. The smallest absolute Gasteiger partial charge is 0.246 e. The molecule has 1 aromatic heterocycles. The normalized spacial score (nSPS) is 21.7. The molecule has 0 radical (unpaired) electrons. The summed E-state index contributed by atoms with van der Waals surface area (Å²) in [5.41, 5.74) is 2.56. The summed E-state index contributed by atoms with van der Waals surface area (Å²) in [4.78, 5) is 47.3. The molecule has 7 nitrogen and oxygen atoms in total. The fraction of sp³-hybridized carbons (Fsp3) is 0.417. The summed E-state index contributed by atoms with van der Waals surface area (Å²) >= 11 is 7.30. The summed E-state index contributed by atoms with van der Waals surface area (Å²) in [6, 6.07) is 5.98. The molecular weight excluding hydrogens is 460 g/mol. The number of rotatable bonds is 4. The number of halogens is 1. The SMILES string of the molecule is CC(=O)N1CCC2(C1)CN(C(=O)Cc1ncc(Cl)s1)c1ccc(/C=C/C(=O)N3CCC3)cc12. The van der Waals surface area contributed by atoms with E-state index >= 15 is 0 Å². The third-order valence-electron chi connectivity index (χ3n) is 6.86. The molecule has 0 bridgehead atoms. The predicted octanol–water partition coefficient (Wildman–Crippen LogP) is 3.12. The summed E-state index contributed by atoms with van der Waals surface area (Å²) in [7, 11) is 0. The van der Waals surface area contributed by atoms with Crippen LogP contribution in [0.2, 0.25) is 4.34 Å². The number of hydrogen-bond donors (Lipinski definition) is 0. The Labute approximate surface area is 201 Å². The maximum Gasteiger partial charge on any atom is 0.246 e. The van der Waals surface area contributed by atoms with Crippen LogP contribution < -0.4 is 4.90 Å². The van der Waals surface area contributed by atoms with Crippen LogP contribution in [-0.4, -0.2) is 65.2 Å². The van der Waals surface area contributed by atoms with Crippen LogP contribution in [0.3, 0.4) is 0 Å². The van der Waals surface area contributed by atoms with Crippen LogP contribution in [0, 0.1) is 0 Å².